The van der Waals surface area contributed by atoms with Crippen molar-refractivity contribution in [2.24, 2.45) is 5.92 Å². The van der Waals surface area contributed by atoms with Gasteiger partial charge < -0.3 is 10.0 Å². The second-order valence-corrected chi connectivity index (χ2v) is 7.29. The average Bonchev–Trinajstić information content (AvgIpc) is 3.05. The Labute approximate surface area is 138 Å². The van der Waals surface area contributed by atoms with Crippen LogP contribution in [-0.2, 0) is 6.54 Å². The van der Waals surface area contributed by atoms with Gasteiger partial charge in [-0.05, 0) is 82.4 Å². The van der Waals surface area contributed by atoms with Crippen LogP contribution in [0.5, 0.6) is 5.75 Å². The summed E-state index contributed by atoms with van der Waals surface area (Å²) >= 11 is 5.99. The number of rotatable bonds is 4. The third-order valence-electron chi connectivity index (χ3n) is 5.45. The van der Waals surface area contributed by atoms with E-state index in [0.29, 0.717) is 5.02 Å². The van der Waals surface area contributed by atoms with Gasteiger partial charge in [0.1, 0.15) is 5.75 Å². The molecule has 3 rings (SSSR count). The van der Waals surface area contributed by atoms with E-state index >= 15 is 0 Å². The molecule has 0 aromatic heterocycles. The van der Waals surface area contributed by atoms with Crippen LogP contribution >= 0.6 is 11.6 Å². The van der Waals surface area contributed by atoms with Gasteiger partial charge in [-0.3, -0.25) is 4.90 Å². The summed E-state index contributed by atoms with van der Waals surface area (Å²) in [7, 11) is 0. The van der Waals surface area contributed by atoms with Crippen molar-refractivity contribution in [2.45, 2.75) is 45.2 Å². The maximum atomic E-state index is 9.50. The SMILES string of the molecule is CC(C1CCN(Cc2ccc(O)c(Cl)c2)CC1)N1CCCC1. The zero-order valence-electron chi connectivity index (χ0n) is 13.5. The van der Waals surface area contributed by atoms with Crippen LogP contribution in [0.4, 0.5) is 0 Å². The molecule has 1 atom stereocenters. The highest BCUT2D eigenvalue weighted by molar-refractivity contribution is 6.32. The number of piperidine rings is 1. The number of hydrogen-bond donors (Lipinski definition) is 1. The molecule has 0 amide bonds. The molecular weight excluding hydrogens is 296 g/mol. The van der Waals surface area contributed by atoms with Crippen LogP contribution in [-0.4, -0.2) is 47.1 Å². The molecule has 2 aliphatic rings. The van der Waals surface area contributed by atoms with Gasteiger partial charge in [-0.15, -0.1) is 0 Å². The summed E-state index contributed by atoms with van der Waals surface area (Å²) in [5.41, 5.74) is 1.19. The van der Waals surface area contributed by atoms with Crippen molar-refractivity contribution >= 4 is 11.6 Å². The van der Waals surface area contributed by atoms with E-state index in [1.807, 2.05) is 12.1 Å². The predicted molar refractivity (Wildman–Crippen MR) is 91.4 cm³/mol. The molecule has 2 fully saturated rings. The van der Waals surface area contributed by atoms with Crippen molar-refractivity contribution in [3.63, 3.8) is 0 Å². The van der Waals surface area contributed by atoms with E-state index < -0.39 is 0 Å². The monoisotopic (exact) mass is 322 g/mol. The Bertz CT molecular complexity index is 494. The normalized spacial score (nSPS) is 23.0. The van der Waals surface area contributed by atoms with Crippen molar-refractivity contribution in [1.29, 1.82) is 0 Å². The number of halogens is 1. The fourth-order valence-corrected chi connectivity index (χ4v) is 4.15. The molecule has 1 N–H and O–H groups in total. The van der Waals surface area contributed by atoms with Crippen molar-refractivity contribution in [3.8, 4) is 5.75 Å². The molecule has 0 spiro atoms. The topological polar surface area (TPSA) is 26.7 Å². The van der Waals surface area contributed by atoms with Gasteiger partial charge in [0.25, 0.3) is 0 Å². The number of nitrogens with zero attached hydrogens (tertiary/aromatic N) is 2. The molecule has 22 heavy (non-hydrogen) atoms. The quantitative estimate of drug-likeness (QED) is 0.914. The third kappa shape index (κ3) is 3.76. The minimum atomic E-state index is 0.170. The number of benzene rings is 1. The molecule has 1 unspecified atom stereocenters. The molecule has 0 aliphatic carbocycles. The Balaban J connectivity index is 1.49. The van der Waals surface area contributed by atoms with Crippen LogP contribution in [0, 0.1) is 5.92 Å². The van der Waals surface area contributed by atoms with E-state index in [2.05, 4.69) is 16.7 Å². The summed E-state index contributed by atoms with van der Waals surface area (Å²) in [6.45, 7) is 8.29. The lowest BCUT2D eigenvalue weighted by Gasteiger charge is -2.38. The number of likely N-dealkylation sites (tertiary alicyclic amines) is 2. The molecule has 0 radical (unpaired) electrons. The Morgan fingerprint density at radius 2 is 1.86 bits per heavy atom. The Morgan fingerprint density at radius 3 is 2.50 bits per heavy atom. The van der Waals surface area contributed by atoms with E-state index in [1.54, 1.807) is 6.07 Å². The van der Waals surface area contributed by atoms with Crippen molar-refractivity contribution in [3.05, 3.63) is 28.8 Å². The molecule has 2 aliphatic heterocycles. The first-order chi connectivity index (χ1) is 10.6. The lowest BCUT2D eigenvalue weighted by Crippen LogP contribution is -2.42. The van der Waals surface area contributed by atoms with Gasteiger partial charge in [-0.1, -0.05) is 17.7 Å². The van der Waals surface area contributed by atoms with Crippen LogP contribution in [0.2, 0.25) is 5.02 Å². The lowest BCUT2D eigenvalue weighted by molar-refractivity contribution is 0.108. The fourth-order valence-electron chi connectivity index (χ4n) is 3.95. The second kappa shape index (κ2) is 7.20. The fraction of sp³-hybridized carbons (Fsp3) is 0.667. The Morgan fingerprint density at radius 1 is 1.18 bits per heavy atom. The first-order valence-corrected chi connectivity index (χ1v) is 8.95. The predicted octanol–water partition coefficient (Wildman–Crippen LogP) is 3.74. The van der Waals surface area contributed by atoms with Crippen molar-refractivity contribution in [2.75, 3.05) is 26.2 Å². The summed E-state index contributed by atoms with van der Waals surface area (Å²) in [5, 5.41) is 9.95. The minimum absolute atomic E-state index is 0.170. The van der Waals surface area contributed by atoms with Gasteiger partial charge >= 0.3 is 0 Å². The zero-order valence-corrected chi connectivity index (χ0v) is 14.2. The summed E-state index contributed by atoms with van der Waals surface area (Å²) in [4.78, 5) is 5.19. The van der Waals surface area contributed by atoms with Crippen LogP contribution < -0.4 is 0 Å². The molecule has 3 nitrogen and oxygen atoms in total. The Hall–Kier alpha value is -0.770. The smallest absolute Gasteiger partial charge is 0.134 e. The Kier molecular flexibility index (Phi) is 5.27. The van der Waals surface area contributed by atoms with Gasteiger partial charge in [0.15, 0.2) is 0 Å². The molecule has 4 heteroatoms. The first-order valence-electron chi connectivity index (χ1n) is 8.57. The van der Waals surface area contributed by atoms with E-state index in [4.69, 9.17) is 11.6 Å². The molecule has 1 aromatic carbocycles. The molecule has 1 aromatic rings. The van der Waals surface area contributed by atoms with Gasteiger partial charge in [-0.25, -0.2) is 0 Å². The number of phenolic OH excluding ortho intramolecular Hbond substituents is 1. The van der Waals surface area contributed by atoms with Gasteiger partial charge in [-0.2, -0.15) is 0 Å². The standard InChI is InChI=1S/C18H27ClN2O/c1-14(21-8-2-3-9-21)16-6-10-20(11-7-16)13-15-4-5-18(22)17(19)12-15/h4-5,12,14,16,22H,2-3,6-11,13H2,1H3. The molecule has 2 saturated heterocycles. The largest absolute Gasteiger partial charge is 0.506 e. The molecule has 122 valence electrons. The first kappa shape index (κ1) is 16.1. The number of phenols is 1. The lowest BCUT2D eigenvalue weighted by atomic mass is 9.89. The summed E-state index contributed by atoms with van der Waals surface area (Å²) in [5.74, 6) is 1.02. The van der Waals surface area contributed by atoms with Crippen LogP contribution in [0.3, 0.4) is 0 Å². The highest BCUT2D eigenvalue weighted by atomic mass is 35.5. The van der Waals surface area contributed by atoms with Crippen molar-refractivity contribution in [1.82, 2.24) is 9.80 Å². The number of aromatic hydroxyl groups is 1. The van der Waals surface area contributed by atoms with Crippen molar-refractivity contribution < 1.29 is 5.11 Å². The second-order valence-electron chi connectivity index (χ2n) is 6.88. The third-order valence-corrected chi connectivity index (χ3v) is 5.75. The molecule has 0 saturated carbocycles. The van der Waals surface area contributed by atoms with Crippen LogP contribution in [0.1, 0.15) is 38.2 Å². The number of hydrogen-bond acceptors (Lipinski definition) is 3. The van der Waals surface area contributed by atoms with E-state index in [0.717, 1.165) is 18.5 Å². The minimum Gasteiger partial charge on any atom is -0.506 e. The average molecular weight is 323 g/mol. The summed E-state index contributed by atoms with van der Waals surface area (Å²) in [6, 6.07) is 6.29. The van der Waals surface area contributed by atoms with Gasteiger partial charge in [0.2, 0.25) is 0 Å². The maximum Gasteiger partial charge on any atom is 0.134 e. The molecular formula is C18H27ClN2O. The summed E-state index contributed by atoms with van der Waals surface area (Å²) in [6.07, 6.45) is 5.35. The summed E-state index contributed by atoms with van der Waals surface area (Å²) < 4.78 is 0. The molecule has 2 heterocycles. The van der Waals surface area contributed by atoms with Gasteiger partial charge in [0, 0.05) is 12.6 Å². The molecule has 0 bridgehead atoms. The van der Waals surface area contributed by atoms with Crippen LogP contribution in [0.25, 0.3) is 0 Å². The maximum absolute atomic E-state index is 9.50. The van der Waals surface area contributed by atoms with E-state index in [1.165, 1.54) is 57.4 Å². The van der Waals surface area contributed by atoms with Gasteiger partial charge in [0.05, 0.1) is 5.02 Å². The highest BCUT2D eigenvalue weighted by Crippen LogP contribution is 2.28. The zero-order chi connectivity index (χ0) is 15.5. The highest BCUT2D eigenvalue weighted by Gasteiger charge is 2.28. The van der Waals surface area contributed by atoms with E-state index in [9.17, 15) is 5.11 Å². The van der Waals surface area contributed by atoms with E-state index in [-0.39, 0.29) is 5.75 Å². The van der Waals surface area contributed by atoms with Crippen LogP contribution in [0.15, 0.2) is 18.2 Å².